The summed E-state index contributed by atoms with van der Waals surface area (Å²) in [4.78, 5) is 16.1. The number of anilines is 1. The van der Waals surface area contributed by atoms with Crippen molar-refractivity contribution in [3.63, 3.8) is 0 Å². The summed E-state index contributed by atoms with van der Waals surface area (Å²) in [5, 5.41) is 17.9. The highest BCUT2D eigenvalue weighted by Crippen LogP contribution is 2.16. The summed E-state index contributed by atoms with van der Waals surface area (Å²) in [6.07, 6.45) is 1.73. The van der Waals surface area contributed by atoms with E-state index in [-0.39, 0.29) is 30.4 Å². The molecule has 0 amide bonds. The summed E-state index contributed by atoms with van der Waals surface area (Å²) in [5.74, 6) is 0. The molecule has 10 heteroatoms. The first-order valence-corrected chi connectivity index (χ1v) is 8.07. The second-order valence-electron chi connectivity index (χ2n) is 6.39. The number of aromatic nitrogens is 2. The van der Waals surface area contributed by atoms with Crippen molar-refractivity contribution in [1.29, 1.82) is 0 Å². The Balaban J connectivity index is 0.00000156. The van der Waals surface area contributed by atoms with Crippen LogP contribution in [0.25, 0.3) is 0 Å². The lowest BCUT2D eigenvalue weighted by molar-refractivity contribution is -0.0495. The Kier molecular flexibility index (Phi) is 8.59. The van der Waals surface area contributed by atoms with Crippen LogP contribution in [0.3, 0.4) is 0 Å². The lowest BCUT2D eigenvalue weighted by atomic mass is 10.0. The van der Waals surface area contributed by atoms with Crippen molar-refractivity contribution < 1.29 is 9.84 Å². The SMILES string of the molecule is Cl.Cl.Cn1ncc(N2CCN(CC3(O)CNCCOC3)CC2)cc1=O. The van der Waals surface area contributed by atoms with Gasteiger partial charge < -0.3 is 20.1 Å². The van der Waals surface area contributed by atoms with E-state index in [0.717, 1.165) is 38.4 Å². The molecule has 3 rings (SSSR count). The summed E-state index contributed by atoms with van der Waals surface area (Å²) in [7, 11) is 1.65. The van der Waals surface area contributed by atoms with E-state index in [1.807, 2.05) is 0 Å². The number of rotatable bonds is 3. The monoisotopic (exact) mass is 395 g/mol. The second kappa shape index (κ2) is 9.70. The maximum atomic E-state index is 11.7. The Bertz CT molecular complexity index is 585. The highest BCUT2D eigenvalue weighted by atomic mass is 35.5. The van der Waals surface area contributed by atoms with Crippen molar-refractivity contribution in [3.8, 4) is 0 Å². The lowest BCUT2D eigenvalue weighted by Gasteiger charge is -2.39. The molecule has 2 aliphatic rings. The quantitative estimate of drug-likeness (QED) is 0.685. The summed E-state index contributed by atoms with van der Waals surface area (Å²) < 4.78 is 6.80. The van der Waals surface area contributed by atoms with E-state index in [4.69, 9.17) is 4.74 Å². The van der Waals surface area contributed by atoms with Gasteiger partial charge in [-0.25, -0.2) is 4.68 Å². The molecule has 0 aromatic carbocycles. The topological polar surface area (TPSA) is 82.9 Å². The van der Waals surface area contributed by atoms with Crippen LogP contribution in [0.15, 0.2) is 17.1 Å². The van der Waals surface area contributed by atoms with Crippen molar-refractivity contribution >= 4 is 30.5 Å². The van der Waals surface area contributed by atoms with Gasteiger partial charge in [0.2, 0.25) is 0 Å². The van der Waals surface area contributed by atoms with Crippen LogP contribution < -0.4 is 15.8 Å². The smallest absolute Gasteiger partial charge is 0.268 e. The van der Waals surface area contributed by atoms with Gasteiger partial charge >= 0.3 is 0 Å². The van der Waals surface area contributed by atoms with E-state index in [1.54, 1.807) is 19.3 Å². The van der Waals surface area contributed by atoms with Crippen LogP contribution in [0.1, 0.15) is 0 Å². The van der Waals surface area contributed by atoms with Crippen LogP contribution >= 0.6 is 24.8 Å². The molecular formula is C15H27Cl2N5O3. The summed E-state index contributed by atoms with van der Waals surface area (Å²) in [6, 6.07) is 1.62. The van der Waals surface area contributed by atoms with Gasteiger partial charge in [0.25, 0.3) is 5.56 Å². The molecule has 2 fully saturated rings. The number of piperazine rings is 1. The molecule has 1 atom stereocenters. The summed E-state index contributed by atoms with van der Waals surface area (Å²) in [5.41, 5.74) is -0.0602. The lowest BCUT2D eigenvalue weighted by Crippen LogP contribution is -2.56. The minimum absolute atomic E-state index is 0. The first kappa shape index (κ1) is 22.1. The van der Waals surface area contributed by atoms with E-state index < -0.39 is 5.60 Å². The van der Waals surface area contributed by atoms with E-state index >= 15 is 0 Å². The first-order valence-electron chi connectivity index (χ1n) is 8.07. The van der Waals surface area contributed by atoms with Crippen molar-refractivity contribution in [1.82, 2.24) is 20.0 Å². The van der Waals surface area contributed by atoms with Crippen molar-refractivity contribution in [3.05, 3.63) is 22.6 Å². The Morgan fingerprint density at radius 2 is 2.04 bits per heavy atom. The zero-order valence-corrected chi connectivity index (χ0v) is 16.0. The van der Waals surface area contributed by atoms with Crippen molar-refractivity contribution in [2.24, 2.45) is 7.05 Å². The fourth-order valence-electron chi connectivity index (χ4n) is 3.09. The van der Waals surface area contributed by atoms with E-state index in [9.17, 15) is 9.90 Å². The highest BCUT2D eigenvalue weighted by Gasteiger charge is 2.32. The second-order valence-corrected chi connectivity index (χ2v) is 6.39. The molecule has 1 aromatic rings. The molecule has 1 aromatic heterocycles. The molecule has 0 saturated carbocycles. The van der Waals surface area contributed by atoms with Crippen LogP contribution in [-0.4, -0.2) is 84.4 Å². The van der Waals surface area contributed by atoms with Gasteiger partial charge in [-0.2, -0.15) is 5.10 Å². The molecule has 0 radical (unpaired) electrons. The zero-order chi connectivity index (χ0) is 16.3. The Morgan fingerprint density at radius 1 is 1.32 bits per heavy atom. The Hall–Kier alpha value is -0.900. The van der Waals surface area contributed by atoms with Gasteiger partial charge in [0.15, 0.2) is 0 Å². The minimum atomic E-state index is -0.830. The van der Waals surface area contributed by atoms with E-state index in [2.05, 4.69) is 20.2 Å². The van der Waals surface area contributed by atoms with Gasteiger partial charge in [-0.15, -0.1) is 24.8 Å². The number of hydrogen-bond acceptors (Lipinski definition) is 7. The Morgan fingerprint density at radius 3 is 2.72 bits per heavy atom. The van der Waals surface area contributed by atoms with Gasteiger partial charge in [-0.05, 0) is 0 Å². The molecule has 144 valence electrons. The molecule has 2 saturated heterocycles. The van der Waals surface area contributed by atoms with Crippen LogP contribution in [0.5, 0.6) is 0 Å². The van der Waals surface area contributed by atoms with Gasteiger partial charge in [0.05, 0.1) is 25.1 Å². The average Bonchev–Trinajstić information content (AvgIpc) is 2.75. The minimum Gasteiger partial charge on any atom is -0.385 e. The summed E-state index contributed by atoms with van der Waals surface area (Å²) in [6.45, 7) is 6.29. The maximum absolute atomic E-state index is 11.7. The standard InChI is InChI=1S/C15H25N5O3.2ClH/c1-18-14(21)8-13(9-17-18)20-5-3-19(4-6-20)11-15(22)10-16-2-7-23-12-15;;/h8-9,16,22H,2-7,10-12H2,1H3;2*1H. The predicted octanol–water partition coefficient (Wildman–Crippen LogP) is -0.903. The van der Waals surface area contributed by atoms with Gasteiger partial charge in [-0.1, -0.05) is 0 Å². The third-order valence-electron chi connectivity index (χ3n) is 4.46. The largest absolute Gasteiger partial charge is 0.385 e. The number of halogens is 2. The highest BCUT2D eigenvalue weighted by molar-refractivity contribution is 5.85. The number of β-amino-alcohol motifs (C(OH)–C–C–N with tert-alkyl or cyclic N) is 1. The zero-order valence-electron chi connectivity index (χ0n) is 14.4. The molecule has 2 aliphatic heterocycles. The molecule has 1 unspecified atom stereocenters. The predicted molar refractivity (Wildman–Crippen MR) is 101 cm³/mol. The molecule has 8 nitrogen and oxygen atoms in total. The van der Waals surface area contributed by atoms with Gasteiger partial charge in [0.1, 0.15) is 5.60 Å². The van der Waals surface area contributed by atoms with Crippen molar-refractivity contribution in [2.45, 2.75) is 5.60 Å². The number of hydrogen-bond donors (Lipinski definition) is 2. The molecule has 25 heavy (non-hydrogen) atoms. The molecule has 3 heterocycles. The maximum Gasteiger partial charge on any atom is 0.268 e. The molecule has 0 aliphatic carbocycles. The first-order chi connectivity index (χ1) is 11.1. The van der Waals surface area contributed by atoms with Crippen LogP contribution in [0.2, 0.25) is 0 Å². The van der Waals surface area contributed by atoms with Gasteiger partial charge in [-0.3, -0.25) is 9.69 Å². The summed E-state index contributed by atoms with van der Waals surface area (Å²) >= 11 is 0. The van der Waals surface area contributed by atoms with Gasteiger partial charge in [0, 0.05) is 58.9 Å². The molecule has 2 N–H and O–H groups in total. The third kappa shape index (κ3) is 5.80. The number of aryl methyl sites for hydroxylation is 1. The molecule has 0 spiro atoms. The van der Waals surface area contributed by atoms with Crippen LogP contribution in [0.4, 0.5) is 5.69 Å². The number of aliphatic hydroxyl groups is 1. The fraction of sp³-hybridized carbons (Fsp3) is 0.733. The number of nitrogens with zero attached hydrogens (tertiary/aromatic N) is 4. The molecule has 0 bridgehead atoms. The fourth-order valence-corrected chi connectivity index (χ4v) is 3.09. The molecular weight excluding hydrogens is 369 g/mol. The Labute approximate surface area is 159 Å². The number of ether oxygens (including phenoxy) is 1. The van der Waals surface area contributed by atoms with Crippen molar-refractivity contribution in [2.75, 3.05) is 63.9 Å². The average molecular weight is 396 g/mol. The normalized spacial score (nSPS) is 24.8. The number of nitrogens with one attached hydrogen (secondary N) is 1. The third-order valence-corrected chi connectivity index (χ3v) is 4.46. The van der Waals surface area contributed by atoms with Crippen LogP contribution in [-0.2, 0) is 11.8 Å². The van der Waals surface area contributed by atoms with E-state index in [0.29, 0.717) is 26.3 Å². The van der Waals surface area contributed by atoms with E-state index in [1.165, 1.54) is 4.68 Å². The van der Waals surface area contributed by atoms with Crippen LogP contribution in [0, 0.1) is 0 Å².